The van der Waals surface area contributed by atoms with Crippen LogP contribution in [0.4, 0.5) is 0 Å². The van der Waals surface area contributed by atoms with Gasteiger partial charge in [-0.05, 0) is 24.1 Å². The summed E-state index contributed by atoms with van der Waals surface area (Å²) in [5, 5.41) is 21.3. The van der Waals surface area contributed by atoms with E-state index in [9.17, 15) is 9.90 Å². The summed E-state index contributed by atoms with van der Waals surface area (Å²) in [6, 6.07) is 3.83. The molecule has 17 heavy (non-hydrogen) atoms. The van der Waals surface area contributed by atoms with Crippen molar-refractivity contribution in [3.63, 3.8) is 0 Å². The topological polar surface area (TPSA) is 69.6 Å². The molecule has 0 saturated carbocycles. The zero-order valence-electron chi connectivity index (χ0n) is 9.77. The van der Waals surface area contributed by atoms with Crippen LogP contribution in [-0.4, -0.2) is 28.8 Å². The number of benzene rings is 1. The summed E-state index contributed by atoms with van der Waals surface area (Å²) in [6.07, 6.45) is 0. The Morgan fingerprint density at radius 3 is 2.65 bits per heavy atom. The molecule has 0 fully saturated rings. The number of amides is 1. The third-order valence-corrected chi connectivity index (χ3v) is 2.84. The van der Waals surface area contributed by atoms with Crippen LogP contribution in [0.25, 0.3) is 0 Å². The van der Waals surface area contributed by atoms with E-state index in [2.05, 4.69) is 5.32 Å². The molecule has 0 aliphatic carbocycles. The van der Waals surface area contributed by atoms with Crippen LogP contribution in [0.1, 0.15) is 24.2 Å². The molecule has 3 N–H and O–H groups in total. The van der Waals surface area contributed by atoms with Gasteiger partial charge in [-0.1, -0.05) is 25.4 Å². The van der Waals surface area contributed by atoms with Gasteiger partial charge in [0.2, 0.25) is 0 Å². The Morgan fingerprint density at radius 1 is 1.47 bits per heavy atom. The number of aromatic hydroxyl groups is 1. The molecule has 94 valence electrons. The molecule has 1 aromatic rings. The molecule has 0 spiro atoms. The second kappa shape index (κ2) is 5.89. The number of phenols is 1. The maximum absolute atomic E-state index is 11.9. The molecule has 4 nitrogen and oxygen atoms in total. The van der Waals surface area contributed by atoms with E-state index in [-0.39, 0.29) is 34.9 Å². The van der Waals surface area contributed by atoms with E-state index in [1.165, 1.54) is 18.2 Å². The van der Waals surface area contributed by atoms with Gasteiger partial charge in [0.25, 0.3) is 5.91 Å². The third kappa shape index (κ3) is 3.61. The number of halogens is 1. The minimum Gasteiger partial charge on any atom is -0.508 e. The second-order valence-corrected chi connectivity index (χ2v) is 4.58. The average molecular weight is 258 g/mol. The molecule has 1 amide bonds. The molecule has 0 radical (unpaired) electrons. The van der Waals surface area contributed by atoms with Crippen molar-refractivity contribution < 1.29 is 15.0 Å². The summed E-state index contributed by atoms with van der Waals surface area (Å²) in [6.45, 7) is 3.65. The van der Waals surface area contributed by atoms with E-state index < -0.39 is 5.91 Å². The highest BCUT2D eigenvalue weighted by Gasteiger charge is 2.18. The van der Waals surface area contributed by atoms with Gasteiger partial charge in [-0.2, -0.15) is 0 Å². The number of aliphatic hydroxyl groups excluding tert-OH is 1. The van der Waals surface area contributed by atoms with Crippen LogP contribution in [0.2, 0.25) is 5.02 Å². The normalized spacial score (nSPS) is 12.5. The smallest absolute Gasteiger partial charge is 0.253 e. The summed E-state index contributed by atoms with van der Waals surface area (Å²) < 4.78 is 0. The van der Waals surface area contributed by atoms with Crippen molar-refractivity contribution in [2.24, 2.45) is 5.92 Å². The van der Waals surface area contributed by atoms with Gasteiger partial charge in [0, 0.05) is 0 Å². The Balaban J connectivity index is 2.86. The van der Waals surface area contributed by atoms with Gasteiger partial charge < -0.3 is 15.5 Å². The van der Waals surface area contributed by atoms with E-state index in [0.717, 1.165) is 0 Å². The predicted molar refractivity (Wildman–Crippen MR) is 66.3 cm³/mol. The molecule has 1 atom stereocenters. The Labute approximate surface area is 105 Å². The lowest BCUT2D eigenvalue weighted by Crippen LogP contribution is -2.41. The lowest BCUT2D eigenvalue weighted by molar-refractivity contribution is 0.0896. The Hall–Kier alpha value is -1.26. The third-order valence-electron chi connectivity index (χ3n) is 2.51. The number of rotatable bonds is 4. The summed E-state index contributed by atoms with van der Waals surface area (Å²) in [4.78, 5) is 11.9. The van der Waals surface area contributed by atoms with Gasteiger partial charge in [0.05, 0.1) is 23.2 Å². The summed E-state index contributed by atoms with van der Waals surface area (Å²) in [5.74, 6) is -0.316. The fraction of sp³-hybridized carbons (Fsp3) is 0.417. The van der Waals surface area contributed by atoms with E-state index >= 15 is 0 Å². The van der Waals surface area contributed by atoms with Gasteiger partial charge in [0.1, 0.15) is 5.75 Å². The molecule has 1 aromatic carbocycles. The SMILES string of the molecule is CC(C)[C@@H](CO)NC(=O)c1cc(O)ccc1Cl. The minimum atomic E-state index is -0.404. The van der Waals surface area contributed by atoms with Gasteiger partial charge >= 0.3 is 0 Å². The van der Waals surface area contributed by atoms with Crippen LogP contribution in [0.5, 0.6) is 5.75 Å². The van der Waals surface area contributed by atoms with Crippen molar-refractivity contribution in [2.75, 3.05) is 6.61 Å². The summed E-state index contributed by atoms with van der Waals surface area (Å²) >= 11 is 5.86. The molecule has 1 rings (SSSR count). The Morgan fingerprint density at radius 2 is 2.12 bits per heavy atom. The Kier molecular flexibility index (Phi) is 4.78. The first-order valence-corrected chi connectivity index (χ1v) is 5.73. The summed E-state index contributed by atoms with van der Waals surface area (Å²) in [7, 11) is 0. The monoisotopic (exact) mass is 257 g/mol. The van der Waals surface area contributed by atoms with Crippen LogP contribution in [0.15, 0.2) is 18.2 Å². The fourth-order valence-corrected chi connectivity index (χ4v) is 1.56. The van der Waals surface area contributed by atoms with Crippen molar-refractivity contribution in [1.82, 2.24) is 5.32 Å². The molecular formula is C12H16ClNO3. The lowest BCUT2D eigenvalue weighted by atomic mass is 10.0. The number of aliphatic hydroxyl groups is 1. The molecule has 0 aliphatic heterocycles. The molecule has 0 heterocycles. The first-order chi connectivity index (χ1) is 7.95. The maximum Gasteiger partial charge on any atom is 0.253 e. The van der Waals surface area contributed by atoms with Crippen molar-refractivity contribution in [3.8, 4) is 5.75 Å². The highest BCUT2D eigenvalue weighted by Crippen LogP contribution is 2.21. The quantitative estimate of drug-likeness (QED) is 0.770. The molecule has 0 aliphatic rings. The lowest BCUT2D eigenvalue weighted by Gasteiger charge is -2.20. The van der Waals surface area contributed by atoms with Crippen molar-refractivity contribution in [3.05, 3.63) is 28.8 Å². The highest BCUT2D eigenvalue weighted by atomic mass is 35.5. The first-order valence-electron chi connectivity index (χ1n) is 5.36. The maximum atomic E-state index is 11.9. The van der Waals surface area contributed by atoms with Gasteiger partial charge in [-0.3, -0.25) is 4.79 Å². The average Bonchev–Trinajstić information content (AvgIpc) is 2.28. The zero-order valence-corrected chi connectivity index (χ0v) is 10.5. The molecule has 5 heteroatoms. The Bertz CT molecular complexity index is 407. The van der Waals surface area contributed by atoms with E-state index in [4.69, 9.17) is 16.7 Å². The molecule has 0 bridgehead atoms. The number of nitrogens with one attached hydrogen (secondary N) is 1. The highest BCUT2D eigenvalue weighted by molar-refractivity contribution is 6.33. The number of hydrogen-bond acceptors (Lipinski definition) is 3. The largest absolute Gasteiger partial charge is 0.508 e. The summed E-state index contributed by atoms with van der Waals surface area (Å²) in [5.41, 5.74) is 0.200. The zero-order chi connectivity index (χ0) is 13.0. The molecule has 0 aromatic heterocycles. The number of hydrogen-bond donors (Lipinski definition) is 3. The molecular weight excluding hydrogens is 242 g/mol. The number of phenolic OH excluding ortho intramolecular Hbond substituents is 1. The van der Waals surface area contributed by atoms with Crippen molar-refractivity contribution >= 4 is 17.5 Å². The van der Waals surface area contributed by atoms with E-state index in [1.807, 2.05) is 13.8 Å². The van der Waals surface area contributed by atoms with Crippen LogP contribution in [0.3, 0.4) is 0 Å². The number of carbonyl (C=O) groups is 1. The van der Waals surface area contributed by atoms with Gasteiger partial charge in [-0.15, -0.1) is 0 Å². The van der Waals surface area contributed by atoms with Crippen LogP contribution < -0.4 is 5.32 Å². The molecule has 0 unspecified atom stereocenters. The van der Waals surface area contributed by atoms with Crippen LogP contribution >= 0.6 is 11.6 Å². The van der Waals surface area contributed by atoms with Crippen molar-refractivity contribution in [2.45, 2.75) is 19.9 Å². The second-order valence-electron chi connectivity index (χ2n) is 4.17. The molecule has 0 saturated heterocycles. The van der Waals surface area contributed by atoms with Gasteiger partial charge in [0.15, 0.2) is 0 Å². The predicted octanol–water partition coefficient (Wildman–Crippen LogP) is 1.79. The standard InChI is InChI=1S/C12H16ClNO3/c1-7(2)11(6-15)14-12(17)9-5-8(16)3-4-10(9)13/h3-5,7,11,15-16H,6H2,1-2H3,(H,14,17)/t11-/m1/s1. The van der Waals surface area contributed by atoms with E-state index in [0.29, 0.717) is 0 Å². The van der Waals surface area contributed by atoms with Crippen LogP contribution in [-0.2, 0) is 0 Å². The fourth-order valence-electron chi connectivity index (χ4n) is 1.36. The minimum absolute atomic E-state index is 0.0235. The number of carbonyl (C=O) groups excluding carboxylic acids is 1. The first kappa shape index (κ1) is 13.8. The van der Waals surface area contributed by atoms with Crippen molar-refractivity contribution in [1.29, 1.82) is 0 Å². The van der Waals surface area contributed by atoms with E-state index in [1.54, 1.807) is 0 Å². The van der Waals surface area contributed by atoms with Gasteiger partial charge in [-0.25, -0.2) is 0 Å². The van der Waals surface area contributed by atoms with Crippen LogP contribution in [0, 0.1) is 5.92 Å².